The lowest BCUT2D eigenvalue weighted by Crippen LogP contribution is -2.36. The molecule has 4 aromatic rings. The molecule has 130 valence electrons. The molecule has 0 unspecified atom stereocenters. The van der Waals surface area contributed by atoms with E-state index < -0.39 is 0 Å². The van der Waals surface area contributed by atoms with Gasteiger partial charge in [-0.15, -0.1) is 0 Å². The highest BCUT2D eigenvalue weighted by Crippen LogP contribution is 2.39. The number of aryl methyl sites for hydroxylation is 1. The normalized spacial score (nSPS) is 17.5. The highest BCUT2D eigenvalue weighted by molar-refractivity contribution is 5.85. The first-order valence-corrected chi connectivity index (χ1v) is 9.18. The molecule has 2 aromatic heterocycles. The van der Waals surface area contributed by atoms with Crippen LogP contribution in [0.3, 0.4) is 0 Å². The summed E-state index contributed by atoms with van der Waals surface area (Å²) in [4.78, 5) is 6.28. The summed E-state index contributed by atoms with van der Waals surface area (Å²) in [6.45, 7) is 4.11. The van der Waals surface area contributed by atoms with Gasteiger partial charge in [-0.2, -0.15) is 5.10 Å². The first-order chi connectivity index (χ1) is 12.8. The fourth-order valence-electron chi connectivity index (χ4n) is 4.30. The Morgan fingerprint density at radius 2 is 1.92 bits per heavy atom. The summed E-state index contributed by atoms with van der Waals surface area (Å²) in [5.74, 6) is 0. The van der Waals surface area contributed by atoms with Crippen LogP contribution in [0.25, 0.3) is 10.9 Å². The fraction of sp³-hybridized carbons (Fsp3) is 0.227. The van der Waals surface area contributed by atoms with Gasteiger partial charge < -0.3 is 4.98 Å². The van der Waals surface area contributed by atoms with E-state index in [1.54, 1.807) is 0 Å². The minimum Gasteiger partial charge on any atom is -0.357 e. The van der Waals surface area contributed by atoms with Crippen molar-refractivity contribution in [2.75, 3.05) is 6.54 Å². The molecule has 0 aliphatic carbocycles. The molecule has 0 fully saturated rings. The Morgan fingerprint density at radius 3 is 2.77 bits per heavy atom. The van der Waals surface area contributed by atoms with Gasteiger partial charge in [0.1, 0.15) is 0 Å². The largest absolute Gasteiger partial charge is 0.357 e. The highest BCUT2D eigenvalue weighted by Gasteiger charge is 2.32. The maximum absolute atomic E-state index is 4.12. The minimum absolute atomic E-state index is 0.232. The fourth-order valence-corrected chi connectivity index (χ4v) is 4.30. The number of aromatic nitrogens is 3. The molecule has 0 amide bonds. The average Bonchev–Trinajstić information content (AvgIpc) is 3.30. The van der Waals surface area contributed by atoms with Gasteiger partial charge in [0.25, 0.3) is 0 Å². The van der Waals surface area contributed by atoms with Crippen LogP contribution in [-0.4, -0.2) is 26.6 Å². The molecule has 5 rings (SSSR count). The van der Waals surface area contributed by atoms with Crippen molar-refractivity contribution in [2.24, 2.45) is 0 Å². The average molecular weight is 342 g/mol. The Kier molecular flexibility index (Phi) is 3.64. The van der Waals surface area contributed by atoms with Crippen LogP contribution in [0.15, 0.2) is 60.8 Å². The summed E-state index contributed by atoms with van der Waals surface area (Å²) in [6.07, 6.45) is 2.90. The Bertz CT molecular complexity index is 1050. The standard InChI is InChI=1S/C22H22N4/c1-15-6-2-3-7-17(15)22-21-19(18-8-4-5-9-20(18)24-21)11-13-26(22)14-16-10-12-23-25-16/h2-10,12,22,24H,11,13-14H2,1H3,(H,23,25)/t22-/m1/s1. The Balaban J connectivity index is 1.67. The van der Waals surface area contributed by atoms with E-state index in [4.69, 9.17) is 0 Å². The van der Waals surface area contributed by atoms with Crippen LogP contribution < -0.4 is 0 Å². The molecule has 2 N–H and O–H groups in total. The number of fused-ring (bicyclic) bond motifs is 3. The van der Waals surface area contributed by atoms with Crippen molar-refractivity contribution in [1.29, 1.82) is 0 Å². The lowest BCUT2D eigenvalue weighted by Gasteiger charge is -2.36. The third-order valence-corrected chi connectivity index (χ3v) is 5.55. The van der Waals surface area contributed by atoms with Crippen molar-refractivity contribution in [3.8, 4) is 0 Å². The van der Waals surface area contributed by atoms with E-state index in [1.165, 1.54) is 33.3 Å². The smallest absolute Gasteiger partial charge is 0.0763 e. The molecule has 4 heteroatoms. The number of para-hydroxylation sites is 1. The molecule has 1 atom stereocenters. The number of aromatic amines is 2. The van der Waals surface area contributed by atoms with Crippen LogP contribution in [0.1, 0.15) is 34.1 Å². The second-order valence-electron chi connectivity index (χ2n) is 7.12. The second-order valence-corrected chi connectivity index (χ2v) is 7.12. The van der Waals surface area contributed by atoms with Crippen LogP contribution in [0.2, 0.25) is 0 Å². The Morgan fingerprint density at radius 1 is 1.08 bits per heavy atom. The Hall–Kier alpha value is -2.85. The predicted molar refractivity (Wildman–Crippen MR) is 104 cm³/mol. The zero-order valence-electron chi connectivity index (χ0n) is 14.9. The monoisotopic (exact) mass is 342 g/mol. The van der Waals surface area contributed by atoms with Crippen molar-refractivity contribution >= 4 is 10.9 Å². The van der Waals surface area contributed by atoms with Crippen molar-refractivity contribution in [1.82, 2.24) is 20.1 Å². The van der Waals surface area contributed by atoms with E-state index in [2.05, 4.69) is 81.6 Å². The molecule has 2 aromatic carbocycles. The summed E-state index contributed by atoms with van der Waals surface area (Å²) in [5.41, 5.74) is 7.90. The molecule has 4 nitrogen and oxygen atoms in total. The number of nitrogens with zero attached hydrogens (tertiary/aromatic N) is 2. The third-order valence-electron chi connectivity index (χ3n) is 5.55. The number of hydrogen-bond acceptors (Lipinski definition) is 2. The first kappa shape index (κ1) is 15.4. The first-order valence-electron chi connectivity index (χ1n) is 9.18. The van der Waals surface area contributed by atoms with E-state index in [0.29, 0.717) is 0 Å². The molecule has 1 aliphatic heterocycles. The van der Waals surface area contributed by atoms with Gasteiger partial charge in [0.2, 0.25) is 0 Å². The molecule has 0 bridgehead atoms. The number of rotatable bonds is 3. The third kappa shape index (κ3) is 2.45. The molecule has 26 heavy (non-hydrogen) atoms. The van der Waals surface area contributed by atoms with Gasteiger partial charge in [-0.25, -0.2) is 0 Å². The summed E-state index contributed by atoms with van der Waals surface area (Å²) < 4.78 is 0. The van der Waals surface area contributed by atoms with E-state index in [1.807, 2.05) is 6.20 Å². The maximum atomic E-state index is 4.12. The number of H-pyrrole nitrogens is 2. The van der Waals surface area contributed by atoms with Crippen LogP contribution in [0.4, 0.5) is 0 Å². The van der Waals surface area contributed by atoms with Gasteiger partial charge in [0.15, 0.2) is 0 Å². The van der Waals surface area contributed by atoms with Gasteiger partial charge in [0.05, 0.1) is 6.04 Å². The van der Waals surface area contributed by atoms with Gasteiger partial charge in [0, 0.05) is 41.6 Å². The van der Waals surface area contributed by atoms with Gasteiger partial charge >= 0.3 is 0 Å². The van der Waals surface area contributed by atoms with Crippen molar-refractivity contribution in [2.45, 2.75) is 25.9 Å². The van der Waals surface area contributed by atoms with Crippen molar-refractivity contribution in [3.05, 3.63) is 88.9 Å². The highest BCUT2D eigenvalue weighted by atomic mass is 15.2. The van der Waals surface area contributed by atoms with E-state index in [0.717, 1.165) is 25.2 Å². The van der Waals surface area contributed by atoms with Crippen molar-refractivity contribution < 1.29 is 0 Å². The number of nitrogens with one attached hydrogen (secondary N) is 2. The number of benzene rings is 2. The SMILES string of the molecule is Cc1ccccc1[C@@H]1c2[nH]c3ccccc3c2CCN1Cc1ccn[nH]1. The molecule has 0 saturated carbocycles. The van der Waals surface area contributed by atoms with Gasteiger partial charge in [-0.3, -0.25) is 10.00 Å². The quantitative estimate of drug-likeness (QED) is 0.581. The zero-order chi connectivity index (χ0) is 17.5. The molecule has 0 spiro atoms. The Labute approximate surface area is 152 Å². The number of hydrogen-bond donors (Lipinski definition) is 2. The topological polar surface area (TPSA) is 47.7 Å². The summed E-state index contributed by atoms with van der Waals surface area (Å²) in [5, 5.41) is 8.61. The lowest BCUT2D eigenvalue weighted by atomic mass is 9.90. The molecular weight excluding hydrogens is 320 g/mol. The van der Waals surface area contributed by atoms with E-state index >= 15 is 0 Å². The predicted octanol–water partition coefficient (Wildman–Crippen LogP) is 4.35. The van der Waals surface area contributed by atoms with E-state index in [9.17, 15) is 0 Å². The molecule has 0 saturated heterocycles. The van der Waals surface area contributed by atoms with Crippen LogP contribution in [0, 0.1) is 6.92 Å². The summed E-state index contributed by atoms with van der Waals surface area (Å²) in [6, 6.07) is 19.7. The van der Waals surface area contributed by atoms with Crippen LogP contribution >= 0.6 is 0 Å². The second kappa shape index (κ2) is 6.15. The molecular formula is C22H22N4. The minimum atomic E-state index is 0.232. The van der Waals surface area contributed by atoms with Crippen molar-refractivity contribution in [3.63, 3.8) is 0 Å². The van der Waals surface area contributed by atoms with E-state index in [-0.39, 0.29) is 6.04 Å². The lowest BCUT2D eigenvalue weighted by molar-refractivity contribution is 0.199. The van der Waals surface area contributed by atoms with Gasteiger partial charge in [-0.1, -0.05) is 42.5 Å². The molecule has 0 radical (unpaired) electrons. The summed E-state index contributed by atoms with van der Waals surface area (Å²) >= 11 is 0. The van der Waals surface area contributed by atoms with Gasteiger partial charge in [-0.05, 0) is 42.2 Å². The van der Waals surface area contributed by atoms with Crippen LogP contribution in [0.5, 0.6) is 0 Å². The maximum Gasteiger partial charge on any atom is 0.0763 e. The molecule has 3 heterocycles. The summed E-state index contributed by atoms with van der Waals surface area (Å²) in [7, 11) is 0. The van der Waals surface area contributed by atoms with Crippen LogP contribution in [-0.2, 0) is 13.0 Å². The zero-order valence-corrected chi connectivity index (χ0v) is 14.9. The molecule has 1 aliphatic rings.